The van der Waals surface area contributed by atoms with Crippen LogP contribution in [0.5, 0.6) is 0 Å². The van der Waals surface area contributed by atoms with Crippen LogP contribution >= 0.6 is 0 Å². The van der Waals surface area contributed by atoms with Gasteiger partial charge in [-0.15, -0.1) is 0 Å². The highest BCUT2D eigenvalue weighted by atomic mass is 16.5. The molecule has 7 nitrogen and oxygen atoms in total. The largest absolute Gasteiger partial charge is 0.475 e. The smallest absolute Gasteiger partial charge is 0.371 e. The lowest BCUT2D eigenvalue weighted by Gasteiger charge is -2.31. The van der Waals surface area contributed by atoms with Crippen LogP contribution in [0.15, 0.2) is 16.5 Å². The molecule has 0 aromatic carbocycles. The zero-order chi connectivity index (χ0) is 15.2. The van der Waals surface area contributed by atoms with Crippen LogP contribution in [0.2, 0.25) is 0 Å². The van der Waals surface area contributed by atoms with Crippen molar-refractivity contribution in [3.63, 3.8) is 0 Å². The Balaban J connectivity index is 1.75. The molecule has 0 saturated carbocycles. The molecule has 1 aromatic rings. The summed E-state index contributed by atoms with van der Waals surface area (Å²) in [5, 5.41) is 11.5. The minimum Gasteiger partial charge on any atom is -0.475 e. The number of hydrogen-bond acceptors (Lipinski definition) is 4. The first-order valence-corrected chi connectivity index (χ1v) is 6.94. The summed E-state index contributed by atoms with van der Waals surface area (Å²) in [4.78, 5) is 24.4. The summed E-state index contributed by atoms with van der Waals surface area (Å²) in [6.07, 6.45) is 1.87. The van der Waals surface area contributed by atoms with E-state index < -0.39 is 5.97 Å². The highest BCUT2D eigenvalue weighted by molar-refractivity contribution is 5.84. The normalized spacial score (nSPS) is 16.0. The Kier molecular flexibility index (Phi) is 5.21. The summed E-state index contributed by atoms with van der Waals surface area (Å²) in [6.45, 7) is 2.33. The van der Waals surface area contributed by atoms with Crippen LogP contribution in [0.4, 0.5) is 4.79 Å². The Morgan fingerprint density at radius 3 is 2.71 bits per heavy atom. The number of carboxylic acid groups (broad SMARTS) is 1. The number of likely N-dealkylation sites (tertiary alicyclic amines) is 1. The number of piperidine rings is 1. The predicted molar refractivity (Wildman–Crippen MR) is 74.1 cm³/mol. The molecule has 7 heteroatoms. The van der Waals surface area contributed by atoms with E-state index in [2.05, 4.69) is 5.32 Å². The van der Waals surface area contributed by atoms with Gasteiger partial charge in [-0.25, -0.2) is 9.59 Å². The number of aromatic carboxylic acids is 1. The molecule has 0 spiro atoms. The van der Waals surface area contributed by atoms with Crippen molar-refractivity contribution in [3.05, 3.63) is 23.7 Å². The molecular weight excluding hydrogens is 276 g/mol. The quantitative estimate of drug-likeness (QED) is 0.860. The number of nitrogens with one attached hydrogen (secondary N) is 1. The van der Waals surface area contributed by atoms with Gasteiger partial charge in [0, 0.05) is 26.8 Å². The number of carbonyl (C=O) groups is 2. The highest BCUT2D eigenvalue weighted by Crippen LogP contribution is 2.17. The van der Waals surface area contributed by atoms with Crippen molar-refractivity contribution in [2.24, 2.45) is 5.92 Å². The van der Waals surface area contributed by atoms with Gasteiger partial charge in [-0.1, -0.05) is 0 Å². The summed E-state index contributed by atoms with van der Waals surface area (Å²) in [5.74, 6) is -0.301. The van der Waals surface area contributed by atoms with Gasteiger partial charge >= 0.3 is 12.0 Å². The van der Waals surface area contributed by atoms with E-state index in [0.29, 0.717) is 24.8 Å². The summed E-state index contributed by atoms with van der Waals surface area (Å²) in [7, 11) is 1.69. The number of ether oxygens (including phenoxy) is 1. The van der Waals surface area contributed by atoms with E-state index in [-0.39, 0.29) is 18.3 Å². The summed E-state index contributed by atoms with van der Waals surface area (Å²) >= 11 is 0. The van der Waals surface area contributed by atoms with Crippen molar-refractivity contribution in [2.75, 3.05) is 26.8 Å². The maximum atomic E-state index is 12.0. The zero-order valence-electron chi connectivity index (χ0n) is 12.0. The predicted octanol–water partition coefficient (Wildman–Crippen LogP) is 1.55. The molecule has 2 amide bonds. The van der Waals surface area contributed by atoms with Crippen molar-refractivity contribution in [1.82, 2.24) is 10.2 Å². The van der Waals surface area contributed by atoms with Gasteiger partial charge in [0.15, 0.2) is 0 Å². The average molecular weight is 296 g/mol. The second-order valence-electron chi connectivity index (χ2n) is 5.12. The third-order valence-electron chi connectivity index (χ3n) is 3.59. The monoisotopic (exact) mass is 296 g/mol. The van der Waals surface area contributed by atoms with E-state index in [4.69, 9.17) is 14.3 Å². The van der Waals surface area contributed by atoms with Crippen LogP contribution < -0.4 is 5.32 Å². The molecule has 1 aliphatic rings. The number of methoxy groups -OCH3 is 1. The van der Waals surface area contributed by atoms with Gasteiger partial charge in [0.1, 0.15) is 5.76 Å². The number of amides is 2. The van der Waals surface area contributed by atoms with E-state index in [9.17, 15) is 9.59 Å². The fourth-order valence-corrected chi connectivity index (χ4v) is 2.40. The second kappa shape index (κ2) is 7.12. The minimum atomic E-state index is -1.12. The zero-order valence-corrected chi connectivity index (χ0v) is 12.0. The fourth-order valence-electron chi connectivity index (χ4n) is 2.40. The van der Waals surface area contributed by atoms with Gasteiger partial charge in [-0.3, -0.25) is 0 Å². The number of urea groups is 1. The Labute approximate surface area is 122 Å². The van der Waals surface area contributed by atoms with Crippen LogP contribution in [0.25, 0.3) is 0 Å². The molecule has 2 heterocycles. The second-order valence-corrected chi connectivity index (χ2v) is 5.12. The Hall–Kier alpha value is -2.02. The van der Waals surface area contributed by atoms with Crippen LogP contribution in [-0.4, -0.2) is 48.8 Å². The third kappa shape index (κ3) is 4.22. The Morgan fingerprint density at radius 2 is 2.14 bits per heavy atom. The molecule has 116 valence electrons. The number of rotatable bonds is 5. The third-order valence-corrected chi connectivity index (χ3v) is 3.59. The standard InChI is InChI=1S/C14H20N2O5/c1-20-9-10-4-6-16(7-5-10)14(19)15-8-11-2-3-12(21-11)13(17)18/h2-3,10H,4-9H2,1H3,(H,15,19)(H,17,18). The lowest BCUT2D eigenvalue weighted by molar-refractivity contribution is 0.0660. The molecule has 0 unspecified atom stereocenters. The highest BCUT2D eigenvalue weighted by Gasteiger charge is 2.22. The SMILES string of the molecule is COCC1CCN(C(=O)NCc2ccc(C(=O)O)o2)CC1. The van der Waals surface area contributed by atoms with E-state index in [0.717, 1.165) is 19.4 Å². The van der Waals surface area contributed by atoms with E-state index in [1.165, 1.54) is 6.07 Å². The molecule has 0 bridgehead atoms. The van der Waals surface area contributed by atoms with E-state index in [1.54, 1.807) is 18.1 Å². The number of furan rings is 1. The van der Waals surface area contributed by atoms with Gasteiger partial charge < -0.3 is 24.5 Å². The molecule has 1 aliphatic heterocycles. The maximum absolute atomic E-state index is 12.0. The first-order chi connectivity index (χ1) is 10.1. The average Bonchev–Trinajstić information content (AvgIpc) is 2.95. The van der Waals surface area contributed by atoms with Gasteiger partial charge in [0.25, 0.3) is 0 Å². The van der Waals surface area contributed by atoms with E-state index in [1.807, 2.05) is 0 Å². The van der Waals surface area contributed by atoms with Crippen LogP contribution in [0.3, 0.4) is 0 Å². The maximum Gasteiger partial charge on any atom is 0.371 e. The summed E-state index contributed by atoms with van der Waals surface area (Å²) in [5.41, 5.74) is 0. The molecule has 1 fully saturated rings. The van der Waals surface area contributed by atoms with Crippen LogP contribution in [0, 0.1) is 5.92 Å². The van der Waals surface area contributed by atoms with Crippen molar-refractivity contribution < 1.29 is 23.8 Å². The fraction of sp³-hybridized carbons (Fsp3) is 0.571. The van der Waals surface area contributed by atoms with Gasteiger partial charge in [0.05, 0.1) is 6.54 Å². The van der Waals surface area contributed by atoms with Crippen molar-refractivity contribution in [1.29, 1.82) is 0 Å². The molecule has 2 N–H and O–H groups in total. The number of hydrogen-bond donors (Lipinski definition) is 2. The molecule has 1 saturated heterocycles. The topological polar surface area (TPSA) is 92.0 Å². The number of carboxylic acids is 1. The Bertz CT molecular complexity index is 491. The molecule has 0 aliphatic carbocycles. The first kappa shape index (κ1) is 15.4. The molecule has 2 rings (SSSR count). The number of nitrogens with zero attached hydrogens (tertiary/aromatic N) is 1. The lowest BCUT2D eigenvalue weighted by atomic mass is 9.98. The summed E-state index contributed by atoms with van der Waals surface area (Å²) < 4.78 is 10.2. The van der Waals surface area contributed by atoms with Gasteiger partial charge in [0.2, 0.25) is 5.76 Å². The van der Waals surface area contributed by atoms with Crippen LogP contribution in [-0.2, 0) is 11.3 Å². The lowest BCUT2D eigenvalue weighted by Crippen LogP contribution is -2.44. The molecular formula is C14H20N2O5. The molecule has 0 radical (unpaired) electrons. The summed E-state index contributed by atoms with van der Waals surface area (Å²) in [6, 6.07) is 2.77. The first-order valence-electron chi connectivity index (χ1n) is 6.94. The van der Waals surface area contributed by atoms with Crippen LogP contribution in [0.1, 0.15) is 29.2 Å². The number of carbonyl (C=O) groups excluding carboxylic acids is 1. The molecule has 0 atom stereocenters. The van der Waals surface area contributed by atoms with Gasteiger partial charge in [-0.05, 0) is 30.9 Å². The van der Waals surface area contributed by atoms with Crippen molar-refractivity contribution in [2.45, 2.75) is 19.4 Å². The Morgan fingerprint density at radius 1 is 1.43 bits per heavy atom. The van der Waals surface area contributed by atoms with Crippen molar-refractivity contribution >= 4 is 12.0 Å². The van der Waals surface area contributed by atoms with Crippen molar-refractivity contribution in [3.8, 4) is 0 Å². The van der Waals surface area contributed by atoms with Gasteiger partial charge in [-0.2, -0.15) is 0 Å². The molecule has 21 heavy (non-hydrogen) atoms. The van der Waals surface area contributed by atoms with E-state index >= 15 is 0 Å². The minimum absolute atomic E-state index is 0.125. The molecule has 1 aromatic heterocycles.